The number of fused-ring (bicyclic) bond motifs is 7. The number of rotatable bonds is 3. The van der Waals surface area contributed by atoms with Gasteiger partial charge in [0.15, 0.2) is 5.82 Å². The molecular formula is C42H27N3. The summed E-state index contributed by atoms with van der Waals surface area (Å²) >= 11 is 0. The number of para-hydroxylation sites is 2. The summed E-state index contributed by atoms with van der Waals surface area (Å²) in [5.74, 6) is 0.737. The molecule has 10 rings (SSSR count). The van der Waals surface area contributed by atoms with E-state index in [-0.39, 0.29) is 0 Å². The van der Waals surface area contributed by atoms with Crippen molar-refractivity contribution in [2.75, 3.05) is 0 Å². The Hall–Kier alpha value is -5.80. The zero-order valence-corrected chi connectivity index (χ0v) is 24.5. The largest absolute Gasteiger partial charge is 0.310 e. The van der Waals surface area contributed by atoms with Crippen LogP contribution in [0.4, 0.5) is 0 Å². The van der Waals surface area contributed by atoms with Crippen LogP contribution in [0, 0.1) is 0 Å². The molecule has 0 radical (unpaired) electrons. The van der Waals surface area contributed by atoms with E-state index in [9.17, 15) is 0 Å². The van der Waals surface area contributed by atoms with Crippen LogP contribution in [0.15, 0.2) is 133 Å². The van der Waals surface area contributed by atoms with Crippen LogP contribution in [0.1, 0.15) is 17.7 Å². The Bertz CT molecular complexity index is 2500. The summed E-state index contributed by atoms with van der Waals surface area (Å²) in [6, 6.07) is 45.8. The lowest BCUT2D eigenvalue weighted by Crippen LogP contribution is -2.00. The lowest BCUT2D eigenvalue weighted by molar-refractivity contribution is 0.967. The molecular weight excluding hydrogens is 546 g/mol. The Morgan fingerprint density at radius 1 is 0.533 bits per heavy atom. The van der Waals surface area contributed by atoms with Gasteiger partial charge in [0.1, 0.15) is 0 Å². The van der Waals surface area contributed by atoms with Crippen molar-refractivity contribution in [2.24, 2.45) is 0 Å². The molecule has 3 nitrogen and oxygen atoms in total. The lowest BCUT2D eigenvalue weighted by Gasteiger charge is -2.14. The molecule has 0 spiro atoms. The summed E-state index contributed by atoms with van der Waals surface area (Å²) in [6.45, 7) is 0. The first-order valence-corrected chi connectivity index (χ1v) is 15.7. The van der Waals surface area contributed by atoms with E-state index in [0.29, 0.717) is 0 Å². The van der Waals surface area contributed by atoms with E-state index in [2.05, 4.69) is 144 Å². The fraction of sp³-hybridized carbons (Fsp3) is 0.0476. The van der Waals surface area contributed by atoms with E-state index in [0.717, 1.165) is 52.1 Å². The molecule has 210 valence electrons. The number of benzene rings is 6. The second kappa shape index (κ2) is 9.35. The van der Waals surface area contributed by atoms with Gasteiger partial charge in [-0.05, 0) is 93.9 Å². The molecule has 0 amide bonds. The number of hydrogen-bond acceptors (Lipinski definition) is 2. The molecule has 0 saturated heterocycles. The smallest absolute Gasteiger partial charge is 0.160 e. The van der Waals surface area contributed by atoms with Gasteiger partial charge in [0, 0.05) is 33.3 Å². The van der Waals surface area contributed by atoms with Gasteiger partial charge in [0.05, 0.1) is 16.7 Å². The highest BCUT2D eigenvalue weighted by molar-refractivity contribution is 6.19. The molecule has 0 unspecified atom stereocenters. The fourth-order valence-electron chi connectivity index (χ4n) is 7.65. The first-order chi connectivity index (χ1) is 22.3. The van der Waals surface area contributed by atoms with Gasteiger partial charge in [-0.25, -0.2) is 9.97 Å². The molecule has 3 heteroatoms. The summed E-state index contributed by atoms with van der Waals surface area (Å²) in [5.41, 5.74) is 14.4. The topological polar surface area (TPSA) is 30.7 Å². The monoisotopic (exact) mass is 573 g/mol. The van der Waals surface area contributed by atoms with Crippen LogP contribution in [-0.4, -0.2) is 14.5 Å². The Kier molecular flexibility index (Phi) is 5.11. The zero-order valence-electron chi connectivity index (χ0n) is 24.5. The van der Waals surface area contributed by atoms with Crippen molar-refractivity contribution >= 4 is 38.7 Å². The maximum Gasteiger partial charge on any atom is 0.160 e. The van der Waals surface area contributed by atoms with E-state index in [1.54, 1.807) is 0 Å². The molecule has 0 N–H and O–H groups in total. The quantitative estimate of drug-likeness (QED) is 0.210. The molecule has 2 aliphatic rings. The van der Waals surface area contributed by atoms with Crippen LogP contribution in [0.3, 0.4) is 0 Å². The molecule has 6 aromatic carbocycles. The standard InChI is InChI=1S/C42H27N3/c1-2-11-29-28(10-1)32-15-9-16-33-35(25-24-34(29)40(32)33)41-36-14-3-6-17-37(36)43-42(44-41)26-20-22-27(23-21-26)45-38-18-7-4-12-30(38)31-13-5-8-19-39(31)45/h1-4,6-12,14-25H,5,13H2. The summed E-state index contributed by atoms with van der Waals surface area (Å²) in [6.07, 6.45) is 6.74. The second-order valence-electron chi connectivity index (χ2n) is 12.1. The van der Waals surface area contributed by atoms with E-state index < -0.39 is 0 Å². The second-order valence-corrected chi connectivity index (χ2v) is 12.1. The van der Waals surface area contributed by atoms with Crippen molar-refractivity contribution in [1.29, 1.82) is 0 Å². The SMILES string of the molecule is C1=Cc2c(c3ccccc3n2-c2ccc(-c3nc(-c4ccc5c6c(cccc46)-c4ccccc4-5)c4ccccc4n3)cc2)CC1. The maximum atomic E-state index is 5.30. The zero-order chi connectivity index (χ0) is 29.5. The number of aryl methyl sites for hydroxylation is 1. The first-order valence-electron chi connectivity index (χ1n) is 15.7. The van der Waals surface area contributed by atoms with E-state index in [1.165, 1.54) is 55.2 Å². The highest BCUT2D eigenvalue weighted by Gasteiger charge is 2.24. The average Bonchev–Trinajstić information content (AvgIpc) is 3.62. The van der Waals surface area contributed by atoms with Gasteiger partial charge in [0.25, 0.3) is 0 Å². The van der Waals surface area contributed by atoms with Crippen LogP contribution < -0.4 is 0 Å². The third-order valence-corrected chi connectivity index (χ3v) is 9.65. The van der Waals surface area contributed by atoms with Gasteiger partial charge in [-0.3, -0.25) is 0 Å². The molecule has 0 saturated carbocycles. The van der Waals surface area contributed by atoms with E-state index >= 15 is 0 Å². The third-order valence-electron chi connectivity index (χ3n) is 9.65. The minimum Gasteiger partial charge on any atom is -0.310 e. The molecule has 2 heterocycles. The van der Waals surface area contributed by atoms with Crippen molar-refractivity contribution in [3.05, 3.63) is 145 Å². The van der Waals surface area contributed by atoms with Gasteiger partial charge in [-0.15, -0.1) is 0 Å². The highest BCUT2D eigenvalue weighted by atomic mass is 15.0. The van der Waals surface area contributed by atoms with Crippen molar-refractivity contribution in [3.8, 4) is 50.6 Å². The first kappa shape index (κ1) is 24.6. The Morgan fingerprint density at radius 2 is 1.22 bits per heavy atom. The summed E-state index contributed by atoms with van der Waals surface area (Å²) in [7, 11) is 0. The van der Waals surface area contributed by atoms with Crippen LogP contribution in [-0.2, 0) is 6.42 Å². The van der Waals surface area contributed by atoms with Gasteiger partial charge in [-0.1, -0.05) is 97.1 Å². The molecule has 0 atom stereocenters. The van der Waals surface area contributed by atoms with Gasteiger partial charge in [0.2, 0.25) is 0 Å². The minimum absolute atomic E-state index is 0.737. The van der Waals surface area contributed by atoms with Crippen molar-refractivity contribution in [2.45, 2.75) is 12.8 Å². The van der Waals surface area contributed by atoms with Crippen LogP contribution in [0.25, 0.3) is 89.2 Å². The molecule has 0 fully saturated rings. The number of aromatic nitrogens is 3. The van der Waals surface area contributed by atoms with Gasteiger partial charge < -0.3 is 4.57 Å². The summed E-state index contributed by atoms with van der Waals surface area (Å²) in [5, 5.41) is 4.94. The van der Waals surface area contributed by atoms with Crippen molar-refractivity contribution < 1.29 is 0 Å². The maximum absolute atomic E-state index is 5.30. The van der Waals surface area contributed by atoms with Gasteiger partial charge >= 0.3 is 0 Å². The number of allylic oxidation sites excluding steroid dienone is 1. The van der Waals surface area contributed by atoms with Crippen LogP contribution >= 0.6 is 0 Å². The summed E-state index contributed by atoms with van der Waals surface area (Å²) < 4.78 is 2.39. The van der Waals surface area contributed by atoms with Crippen LogP contribution in [0.2, 0.25) is 0 Å². The molecule has 2 aromatic heterocycles. The predicted octanol–water partition coefficient (Wildman–Crippen LogP) is 10.7. The van der Waals surface area contributed by atoms with Crippen molar-refractivity contribution in [1.82, 2.24) is 14.5 Å². The van der Waals surface area contributed by atoms with E-state index in [4.69, 9.17) is 9.97 Å². The Morgan fingerprint density at radius 3 is 2.09 bits per heavy atom. The number of nitrogens with zero attached hydrogens (tertiary/aromatic N) is 3. The highest BCUT2D eigenvalue weighted by Crippen LogP contribution is 2.49. The third kappa shape index (κ3) is 3.52. The molecule has 0 aliphatic heterocycles. The Labute approximate surface area is 260 Å². The lowest BCUT2D eigenvalue weighted by atomic mass is 9.95. The average molecular weight is 574 g/mol. The molecule has 8 aromatic rings. The molecule has 2 aliphatic carbocycles. The fourth-order valence-corrected chi connectivity index (χ4v) is 7.65. The molecule has 45 heavy (non-hydrogen) atoms. The van der Waals surface area contributed by atoms with Gasteiger partial charge in [-0.2, -0.15) is 0 Å². The summed E-state index contributed by atoms with van der Waals surface area (Å²) in [4.78, 5) is 10.4. The minimum atomic E-state index is 0.737. The van der Waals surface area contributed by atoms with Crippen LogP contribution in [0.5, 0.6) is 0 Å². The number of hydrogen-bond donors (Lipinski definition) is 0. The van der Waals surface area contributed by atoms with Crippen molar-refractivity contribution in [3.63, 3.8) is 0 Å². The normalized spacial score (nSPS) is 13.1. The van der Waals surface area contributed by atoms with E-state index in [1.807, 2.05) is 0 Å². The predicted molar refractivity (Wildman–Crippen MR) is 187 cm³/mol. The molecule has 0 bridgehead atoms. The Balaban J connectivity index is 1.14.